The summed E-state index contributed by atoms with van der Waals surface area (Å²) >= 11 is 6.17. The van der Waals surface area contributed by atoms with Gasteiger partial charge in [-0.3, -0.25) is 10.00 Å². The fourth-order valence-corrected chi connectivity index (χ4v) is 3.20. The zero-order valence-corrected chi connectivity index (χ0v) is 12.9. The van der Waals surface area contributed by atoms with Crippen molar-refractivity contribution in [1.82, 2.24) is 15.1 Å². The van der Waals surface area contributed by atoms with Gasteiger partial charge in [0.05, 0.1) is 29.1 Å². The molecule has 114 valence electrons. The summed E-state index contributed by atoms with van der Waals surface area (Å²) in [7, 11) is 0. The Morgan fingerprint density at radius 1 is 1.55 bits per heavy atom. The Kier molecular flexibility index (Phi) is 5.07. The Morgan fingerprint density at radius 2 is 2.30 bits per heavy atom. The number of piperidine rings is 1. The molecule has 0 amide bonds. The van der Waals surface area contributed by atoms with E-state index in [9.17, 15) is 10.2 Å². The number of aromatic nitrogens is 2. The average molecular weight is 302 g/mol. The predicted octanol–water partition coefficient (Wildman–Crippen LogP) is 1.72. The Bertz CT molecular complexity index is 452. The third-order valence-electron chi connectivity index (χ3n) is 4.44. The first-order valence-corrected chi connectivity index (χ1v) is 7.61. The molecule has 2 rings (SSSR count). The highest BCUT2D eigenvalue weighted by molar-refractivity contribution is 6.31. The Balaban J connectivity index is 2.00. The van der Waals surface area contributed by atoms with Crippen molar-refractivity contribution in [3.63, 3.8) is 0 Å². The van der Waals surface area contributed by atoms with Gasteiger partial charge in [-0.05, 0) is 26.3 Å². The van der Waals surface area contributed by atoms with Crippen molar-refractivity contribution in [2.24, 2.45) is 5.41 Å². The molecule has 1 fully saturated rings. The number of halogens is 1. The van der Waals surface area contributed by atoms with Crippen molar-refractivity contribution in [3.05, 3.63) is 16.4 Å². The summed E-state index contributed by atoms with van der Waals surface area (Å²) < 4.78 is 0. The number of aryl methyl sites for hydroxylation is 1. The molecule has 0 saturated carbocycles. The monoisotopic (exact) mass is 301 g/mol. The van der Waals surface area contributed by atoms with Gasteiger partial charge in [-0.2, -0.15) is 5.10 Å². The van der Waals surface area contributed by atoms with E-state index >= 15 is 0 Å². The molecule has 0 spiro atoms. The Morgan fingerprint density at radius 3 is 2.80 bits per heavy atom. The molecule has 1 aromatic rings. The highest BCUT2D eigenvalue weighted by atomic mass is 35.5. The van der Waals surface area contributed by atoms with Crippen LogP contribution < -0.4 is 0 Å². The second-order valence-electron chi connectivity index (χ2n) is 5.88. The van der Waals surface area contributed by atoms with Crippen molar-refractivity contribution in [2.75, 3.05) is 19.7 Å². The third-order valence-corrected chi connectivity index (χ3v) is 4.94. The number of hydrogen-bond donors (Lipinski definition) is 3. The summed E-state index contributed by atoms with van der Waals surface area (Å²) in [5.41, 5.74) is 1.36. The molecule has 2 heterocycles. The molecule has 0 aromatic carbocycles. The molecule has 0 unspecified atom stereocenters. The predicted molar refractivity (Wildman–Crippen MR) is 78.7 cm³/mol. The minimum Gasteiger partial charge on any atom is -0.396 e. The number of aromatic amines is 1. The van der Waals surface area contributed by atoms with Crippen molar-refractivity contribution in [1.29, 1.82) is 0 Å². The van der Waals surface area contributed by atoms with Gasteiger partial charge in [-0.25, -0.2) is 0 Å². The van der Waals surface area contributed by atoms with Crippen LogP contribution in [0.2, 0.25) is 5.02 Å². The normalized spacial score (nSPS) is 27.9. The van der Waals surface area contributed by atoms with Crippen LogP contribution in [0.25, 0.3) is 0 Å². The lowest BCUT2D eigenvalue weighted by Gasteiger charge is -2.44. The molecule has 1 aliphatic heterocycles. The molecular formula is C14H24ClN3O2. The molecule has 1 saturated heterocycles. The molecule has 2 atom stereocenters. The summed E-state index contributed by atoms with van der Waals surface area (Å²) in [5, 5.41) is 27.8. The largest absolute Gasteiger partial charge is 0.396 e. The van der Waals surface area contributed by atoms with Gasteiger partial charge in [0.1, 0.15) is 0 Å². The van der Waals surface area contributed by atoms with Gasteiger partial charge in [-0.1, -0.05) is 24.9 Å². The second-order valence-corrected chi connectivity index (χ2v) is 6.26. The van der Waals surface area contributed by atoms with Gasteiger partial charge in [0.25, 0.3) is 0 Å². The zero-order chi connectivity index (χ0) is 14.8. The molecule has 0 aliphatic carbocycles. The first kappa shape index (κ1) is 15.8. The van der Waals surface area contributed by atoms with Crippen LogP contribution in [0, 0.1) is 12.3 Å². The maximum absolute atomic E-state index is 10.4. The lowest BCUT2D eigenvalue weighted by molar-refractivity contribution is -0.0804. The number of H-pyrrole nitrogens is 1. The molecule has 20 heavy (non-hydrogen) atoms. The van der Waals surface area contributed by atoms with Gasteiger partial charge in [0.2, 0.25) is 0 Å². The Labute approximate surface area is 124 Å². The number of nitrogens with zero attached hydrogens (tertiary/aromatic N) is 2. The minimum atomic E-state index is -0.500. The van der Waals surface area contributed by atoms with E-state index in [4.69, 9.17) is 11.6 Å². The van der Waals surface area contributed by atoms with Crippen molar-refractivity contribution in [2.45, 2.75) is 45.8 Å². The van der Waals surface area contributed by atoms with Crippen molar-refractivity contribution < 1.29 is 10.2 Å². The van der Waals surface area contributed by atoms with Crippen LogP contribution in [0.15, 0.2) is 0 Å². The zero-order valence-electron chi connectivity index (χ0n) is 12.2. The first-order valence-electron chi connectivity index (χ1n) is 7.23. The maximum Gasteiger partial charge on any atom is 0.0951 e. The summed E-state index contributed by atoms with van der Waals surface area (Å²) in [4.78, 5) is 2.15. The summed E-state index contributed by atoms with van der Waals surface area (Å²) in [6.45, 7) is 6.07. The number of likely N-dealkylation sites (tertiary alicyclic amines) is 1. The number of hydrogen-bond acceptors (Lipinski definition) is 4. The number of nitrogens with one attached hydrogen (secondary N) is 1. The van der Waals surface area contributed by atoms with Gasteiger partial charge < -0.3 is 10.2 Å². The van der Waals surface area contributed by atoms with E-state index in [1.807, 2.05) is 6.92 Å². The highest BCUT2D eigenvalue weighted by Gasteiger charge is 2.41. The van der Waals surface area contributed by atoms with Crippen molar-refractivity contribution in [3.8, 4) is 0 Å². The molecule has 0 bridgehead atoms. The lowest BCUT2D eigenvalue weighted by atomic mass is 9.73. The van der Waals surface area contributed by atoms with Crippen LogP contribution in [0.5, 0.6) is 0 Å². The van der Waals surface area contributed by atoms with Crippen LogP contribution >= 0.6 is 11.6 Å². The molecule has 1 aliphatic rings. The van der Waals surface area contributed by atoms with Gasteiger partial charge in [0, 0.05) is 18.5 Å². The highest BCUT2D eigenvalue weighted by Crippen LogP contribution is 2.36. The van der Waals surface area contributed by atoms with Crippen LogP contribution in [-0.4, -0.2) is 51.1 Å². The quantitative estimate of drug-likeness (QED) is 0.774. The number of β-amino-alcohol motifs (C(OH)–C–C–N with tert-alkyl or cyclic N) is 1. The fourth-order valence-electron chi connectivity index (χ4n) is 3.06. The maximum atomic E-state index is 10.4. The van der Waals surface area contributed by atoms with E-state index < -0.39 is 6.10 Å². The van der Waals surface area contributed by atoms with Crippen LogP contribution in [0.1, 0.15) is 37.6 Å². The van der Waals surface area contributed by atoms with Gasteiger partial charge in [-0.15, -0.1) is 0 Å². The van der Waals surface area contributed by atoms with E-state index in [2.05, 4.69) is 22.0 Å². The second kappa shape index (κ2) is 6.43. The van der Waals surface area contributed by atoms with E-state index in [1.165, 1.54) is 0 Å². The fraction of sp³-hybridized carbons (Fsp3) is 0.786. The molecule has 5 nitrogen and oxygen atoms in total. The topological polar surface area (TPSA) is 72.4 Å². The van der Waals surface area contributed by atoms with E-state index in [0.29, 0.717) is 18.1 Å². The van der Waals surface area contributed by atoms with E-state index in [1.54, 1.807) is 0 Å². The van der Waals surface area contributed by atoms with E-state index in [-0.39, 0.29) is 12.0 Å². The van der Waals surface area contributed by atoms with E-state index in [0.717, 1.165) is 37.2 Å². The summed E-state index contributed by atoms with van der Waals surface area (Å²) in [6.07, 6.45) is 2.14. The smallest absolute Gasteiger partial charge is 0.0951 e. The van der Waals surface area contributed by atoms with Gasteiger partial charge in [0.15, 0.2) is 0 Å². The standard InChI is InChI=1S/C14H24ClN3O2/c1-3-4-14(9-19)5-6-18(8-12(14)20)7-11-13(15)10(2)16-17-11/h12,19-20H,3-9H2,1-2H3,(H,16,17)/t12-,14-/m1/s1. The SMILES string of the molecule is CCC[C@]1(CO)CCN(Cc2n[nH]c(C)c2Cl)C[C@H]1O. The Hall–Kier alpha value is -0.620. The molecular weight excluding hydrogens is 278 g/mol. The number of rotatable bonds is 5. The first-order chi connectivity index (χ1) is 9.52. The average Bonchev–Trinajstić information content (AvgIpc) is 2.74. The lowest BCUT2D eigenvalue weighted by Crippen LogP contribution is -2.52. The minimum absolute atomic E-state index is 0.0537. The summed E-state index contributed by atoms with van der Waals surface area (Å²) in [6, 6.07) is 0. The van der Waals surface area contributed by atoms with Crippen LogP contribution in [-0.2, 0) is 6.54 Å². The van der Waals surface area contributed by atoms with Crippen molar-refractivity contribution >= 4 is 11.6 Å². The van der Waals surface area contributed by atoms with Crippen LogP contribution in [0.3, 0.4) is 0 Å². The summed E-state index contributed by atoms with van der Waals surface area (Å²) in [5.74, 6) is 0. The number of aliphatic hydroxyl groups is 2. The number of aliphatic hydroxyl groups excluding tert-OH is 2. The molecule has 6 heteroatoms. The third kappa shape index (κ3) is 3.01. The molecule has 0 radical (unpaired) electrons. The molecule has 3 N–H and O–H groups in total. The molecule has 1 aromatic heterocycles. The van der Waals surface area contributed by atoms with Gasteiger partial charge >= 0.3 is 0 Å². The van der Waals surface area contributed by atoms with Crippen LogP contribution in [0.4, 0.5) is 0 Å².